The number of hydrogen-bond acceptors (Lipinski definition) is 5. The summed E-state index contributed by atoms with van der Waals surface area (Å²) in [6, 6.07) is 7.59. The number of hydrogen-bond donors (Lipinski definition) is 1. The fourth-order valence-electron chi connectivity index (χ4n) is 2.86. The van der Waals surface area contributed by atoms with E-state index in [1.54, 1.807) is 13.3 Å². The van der Waals surface area contributed by atoms with Crippen LogP contribution in [0.2, 0.25) is 0 Å². The summed E-state index contributed by atoms with van der Waals surface area (Å²) < 4.78 is 10.9. The molecule has 1 fully saturated rings. The van der Waals surface area contributed by atoms with Crippen LogP contribution < -0.4 is 4.74 Å². The number of oxazole rings is 1. The summed E-state index contributed by atoms with van der Waals surface area (Å²) in [5.41, 5.74) is 0.937. The summed E-state index contributed by atoms with van der Waals surface area (Å²) in [6.45, 7) is 1.97. The lowest BCUT2D eigenvalue weighted by Gasteiger charge is -2.29. The zero-order valence-corrected chi connectivity index (χ0v) is 13.1. The van der Waals surface area contributed by atoms with Crippen LogP contribution in [0.1, 0.15) is 18.7 Å². The van der Waals surface area contributed by atoms with Crippen molar-refractivity contribution in [1.82, 2.24) is 9.88 Å². The average Bonchev–Trinajstić information content (AvgIpc) is 3.03. The van der Waals surface area contributed by atoms with Crippen LogP contribution in [0, 0.1) is 5.92 Å². The molecule has 1 N–H and O–H groups in total. The molecular weight excluding hydrogens is 296 g/mol. The highest BCUT2D eigenvalue weighted by molar-refractivity contribution is 5.70. The number of benzene rings is 1. The van der Waals surface area contributed by atoms with Crippen molar-refractivity contribution in [3.05, 3.63) is 36.4 Å². The fraction of sp³-hybridized carbons (Fsp3) is 0.412. The molecule has 23 heavy (non-hydrogen) atoms. The normalized spacial score (nSPS) is 18.7. The minimum Gasteiger partial charge on any atom is -0.497 e. The maximum Gasteiger partial charge on any atom is 0.307 e. The molecule has 1 saturated heterocycles. The molecule has 1 unspecified atom stereocenters. The molecule has 1 atom stereocenters. The number of likely N-dealkylation sites (tertiary alicyclic amines) is 1. The molecule has 6 heteroatoms. The number of methoxy groups -OCH3 is 1. The summed E-state index contributed by atoms with van der Waals surface area (Å²) in [5.74, 6) is 1.10. The number of rotatable bonds is 5. The lowest BCUT2D eigenvalue weighted by atomic mass is 9.98. The van der Waals surface area contributed by atoms with E-state index in [4.69, 9.17) is 14.3 Å². The Balaban J connectivity index is 1.65. The Hall–Kier alpha value is -2.34. The minimum atomic E-state index is -0.721. The zero-order chi connectivity index (χ0) is 16.2. The Morgan fingerprint density at radius 1 is 1.43 bits per heavy atom. The number of piperidine rings is 1. The Bertz CT molecular complexity index is 665. The van der Waals surface area contributed by atoms with Crippen LogP contribution in [0.25, 0.3) is 11.3 Å². The first-order chi connectivity index (χ1) is 11.2. The summed E-state index contributed by atoms with van der Waals surface area (Å²) >= 11 is 0. The average molecular weight is 316 g/mol. The van der Waals surface area contributed by atoms with Crippen molar-refractivity contribution in [3.63, 3.8) is 0 Å². The Morgan fingerprint density at radius 3 is 2.91 bits per heavy atom. The van der Waals surface area contributed by atoms with Crippen molar-refractivity contribution in [2.24, 2.45) is 5.92 Å². The highest BCUT2D eigenvalue weighted by Crippen LogP contribution is 2.24. The lowest BCUT2D eigenvalue weighted by molar-refractivity contribution is -0.143. The Morgan fingerprint density at radius 2 is 2.22 bits per heavy atom. The van der Waals surface area contributed by atoms with Crippen molar-refractivity contribution in [2.75, 3.05) is 20.2 Å². The second-order valence-electron chi connectivity index (χ2n) is 5.76. The van der Waals surface area contributed by atoms with Gasteiger partial charge in [0.05, 0.1) is 25.8 Å². The number of aromatic nitrogens is 1. The van der Waals surface area contributed by atoms with E-state index >= 15 is 0 Å². The van der Waals surface area contributed by atoms with Gasteiger partial charge in [0, 0.05) is 12.1 Å². The van der Waals surface area contributed by atoms with Crippen LogP contribution in [-0.4, -0.2) is 41.2 Å². The van der Waals surface area contributed by atoms with E-state index in [1.165, 1.54) is 0 Å². The van der Waals surface area contributed by atoms with Crippen molar-refractivity contribution in [3.8, 4) is 17.1 Å². The molecule has 0 aliphatic carbocycles. The van der Waals surface area contributed by atoms with E-state index < -0.39 is 5.97 Å². The Kier molecular flexibility index (Phi) is 4.62. The molecule has 1 aromatic heterocycles. The minimum absolute atomic E-state index is 0.292. The first-order valence-corrected chi connectivity index (χ1v) is 7.70. The summed E-state index contributed by atoms with van der Waals surface area (Å²) in [5, 5.41) is 9.14. The first kappa shape index (κ1) is 15.6. The van der Waals surface area contributed by atoms with Crippen LogP contribution in [-0.2, 0) is 11.3 Å². The predicted octanol–water partition coefficient (Wildman–Crippen LogP) is 2.65. The van der Waals surface area contributed by atoms with Gasteiger partial charge in [0.15, 0.2) is 5.76 Å². The largest absolute Gasteiger partial charge is 0.497 e. The van der Waals surface area contributed by atoms with Crippen LogP contribution in [0.5, 0.6) is 5.75 Å². The molecule has 122 valence electrons. The maximum atomic E-state index is 11.1. The van der Waals surface area contributed by atoms with Crippen molar-refractivity contribution >= 4 is 5.97 Å². The number of carbonyl (C=O) groups is 1. The second-order valence-corrected chi connectivity index (χ2v) is 5.76. The molecule has 0 spiro atoms. The smallest absolute Gasteiger partial charge is 0.307 e. The number of carboxylic acids is 1. The summed E-state index contributed by atoms with van der Waals surface area (Å²) in [6.07, 6.45) is 3.34. The molecular formula is C17H20N2O4. The van der Waals surface area contributed by atoms with E-state index in [1.807, 2.05) is 24.3 Å². The van der Waals surface area contributed by atoms with Gasteiger partial charge in [-0.25, -0.2) is 4.98 Å². The molecule has 2 heterocycles. The summed E-state index contributed by atoms with van der Waals surface area (Å²) in [4.78, 5) is 17.5. The number of aliphatic carboxylic acids is 1. The lowest BCUT2D eigenvalue weighted by Crippen LogP contribution is -2.38. The van der Waals surface area contributed by atoms with Crippen molar-refractivity contribution < 1.29 is 19.1 Å². The molecule has 6 nitrogen and oxygen atoms in total. The van der Waals surface area contributed by atoms with Crippen molar-refractivity contribution in [1.29, 1.82) is 0 Å². The van der Waals surface area contributed by atoms with E-state index in [9.17, 15) is 4.79 Å². The standard InChI is InChI=1S/C17H20N2O4/c1-22-14-6-4-12(5-7-14)15-9-18-16(23-15)11-19-8-2-3-13(10-19)17(20)21/h4-7,9,13H,2-3,8,10-11H2,1H3,(H,20,21). The van der Waals surface area contributed by atoms with Crippen LogP contribution in [0.3, 0.4) is 0 Å². The third-order valence-electron chi connectivity index (χ3n) is 4.14. The highest BCUT2D eigenvalue weighted by atomic mass is 16.5. The fourth-order valence-corrected chi connectivity index (χ4v) is 2.86. The monoisotopic (exact) mass is 316 g/mol. The molecule has 1 aromatic carbocycles. The number of carboxylic acid groups (broad SMARTS) is 1. The van der Waals surface area contributed by atoms with Gasteiger partial charge in [0.1, 0.15) is 5.75 Å². The topological polar surface area (TPSA) is 75.8 Å². The third kappa shape index (κ3) is 3.71. The molecule has 0 saturated carbocycles. The van der Waals surface area contributed by atoms with E-state index in [0.717, 1.165) is 30.7 Å². The van der Waals surface area contributed by atoms with Gasteiger partial charge in [-0.2, -0.15) is 0 Å². The van der Waals surface area contributed by atoms with Gasteiger partial charge in [-0.1, -0.05) is 0 Å². The first-order valence-electron chi connectivity index (χ1n) is 7.70. The number of ether oxygens (including phenoxy) is 1. The van der Waals surface area contributed by atoms with Gasteiger partial charge in [-0.05, 0) is 43.7 Å². The SMILES string of the molecule is COc1ccc(-c2cnc(CN3CCCC(C(=O)O)C3)o2)cc1. The van der Waals surface area contributed by atoms with Gasteiger partial charge in [0.25, 0.3) is 0 Å². The second kappa shape index (κ2) is 6.83. The molecule has 1 aliphatic rings. The van der Waals surface area contributed by atoms with Crippen molar-refractivity contribution in [2.45, 2.75) is 19.4 Å². The van der Waals surface area contributed by atoms with Gasteiger partial charge >= 0.3 is 5.97 Å². The van der Waals surface area contributed by atoms with Crippen LogP contribution in [0.15, 0.2) is 34.9 Å². The molecule has 3 rings (SSSR count). The molecule has 0 amide bonds. The van der Waals surface area contributed by atoms with E-state index in [-0.39, 0.29) is 5.92 Å². The predicted molar refractivity (Wildman–Crippen MR) is 84.1 cm³/mol. The van der Waals surface area contributed by atoms with Gasteiger partial charge in [0.2, 0.25) is 5.89 Å². The summed E-state index contributed by atoms with van der Waals surface area (Å²) in [7, 11) is 1.63. The molecule has 2 aromatic rings. The molecule has 1 aliphatic heterocycles. The zero-order valence-electron chi connectivity index (χ0n) is 13.1. The van der Waals surface area contributed by atoms with Gasteiger partial charge < -0.3 is 14.3 Å². The van der Waals surface area contributed by atoms with Crippen LogP contribution in [0.4, 0.5) is 0 Å². The Labute approximate surface area is 134 Å². The molecule has 0 radical (unpaired) electrons. The quantitative estimate of drug-likeness (QED) is 0.914. The highest BCUT2D eigenvalue weighted by Gasteiger charge is 2.26. The van der Waals surface area contributed by atoms with Gasteiger partial charge in [-0.15, -0.1) is 0 Å². The van der Waals surface area contributed by atoms with E-state index in [0.29, 0.717) is 24.7 Å². The number of nitrogens with zero attached hydrogens (tertiary/aromatic N) is 2. The van der Waals surface area contributed by atoms with E-state index in [2.05, 4.69) is 9.88 Å². The van der Waals surface area contributed by atoms with Crippen LogP contribution >= 0.6 is 0 Å². The molecule has 0 bridgehead atoms. The van der Waals surface area contributed by atoms with Gasteiger partial charge in [-0.3, -0.25) is 9.69 Å². The third-order valence-corrected chi connectivity index (χ3v) is 4.14. The maximum absolute atomic E-state index is 11.1.